The predicted molar refractivity (Wildman–Crippen MR) is 91.6 cm³/mol. The third-order valence-electron chi connectivity index (χ3n) is 4.27. The summed E-state index contributed by atoms with van der Waals surface area (Å²) in [6.45, 7) is -3.14. The molecule has 1 aliphatic rings. The highest BCUT2D eigenvalue weighted by Crippen LogP contribution is 2.29. The van der Waals surface area contributed by atoms with Crippen LogP contribution >= 0.6 is 0 Å². The summed E-state index contributed by atoms with van der Waals surface area (Å²) in [6, 6.07) is 4.01. The van der Waals surface area contributed by atoms with Gasteiger partial charge in [0.2, 0.25) is 5.91 Å². The lowest BCUT2D eigenvalue weighted by atomic mass is 10.1. The van der Waals surface area contributed by atoms with Gasteiger partial charge in [0.05, 0.1) is 13.7 Å². The van der Waals surface area contributed by atoms with Crippen molar-refractivity contribution >= 4 is 11.8 Å². The van der Waals surface area contributed by atoms with Crippen molar-refractivity contribution < 1.29 is 27.8 Å². The first-order chi connectivity index (χ1) is 12.5. The Morgan fingerprint density at radius 2 is 1.85 bits per heavy atom. The number of halogens is 2. The fourth-order valence-corrected chi connectivity index (χ4v) is 2.97. The van der Waals surface area contributed by atoms with Gasteiger partial charge < -0.3 is 20.1 Å². The second kappa shape index (κ2) is 9.94. The molecule has 0 radical (unpaired) electrons. The molecule has 0 aliphatic heterocycles. The van der Waals surface area contributed by atoms with Gasteiger partial charge in [-0.25, -0.2) is 0 Å². The van der Waals surface area contributed by atoms with Crippen LogP contribution in [0, 0.1) is 0 Å². The molecular formula is C18H24F2N2O4. The molecule has 144 valence electrons. The highest BCUT2D eigenvalue weighted by Gasteiger charge is 2.17. The summed E-state index contributed by atoms with van der Waals surface area (Å²) in [5.74, 6) is -0.885. The smallest absolute Gasteiger partial charge is 0.387 e. The molecule has 26 heavy (non-hydrogen) atoms. The Morgan fingerprint density at radius 3 is 2.46 bits per heavy atom. The zero-order valence-corrected chi connectivity index (χ0v) is 14.7. The molecule has 0 aromatic heterocycles. The third kappa shape index (κ3) is 6.16. The van der Waals surface area contributed by atoms with E-state index in [9.17, 15) is 18.4 Å². The summed E-state index contributed by atoms with van der Waals surface area (Å²) >= 11 is 0. The third-order valence-corrected chi connectivity index (χ3v) is 4.27. The monoisotopic (exact) mass is 370 g/mol. The van der Waals surface area contributed by atoms with Crippen molar-refractivity contribution in [3.8, 4) is 11.5 Å². The van der Waals surface area contributed by atoms with Crippen LogP contribution in [0.3, 0.4) is 0 Å². The molecule has 1 fully saturated rings. The maximum atomic E-state index is 12.3. The van der Waals surface area contributed by atoms with Crippen molar-refractivity contribution in [2.75, 3.05) is 13.7 Å². The fourth-order valence-electron chi connectivity index (χ4n) is 2.97. The zero-order chi connectivity index (χ0) is 18.9. The van der Waals surface area contributed by atoms with Crippen LogP contribution in [-0.4, -0.2) is 38.1 Å². The SMILES string of the molecule is COc1cc(C(=O)NCC(=O)NC2CCCCCC2)ccc1OC(F)F. The lowest BCUT2D eigenvalue weighted by molar-refractivity contribution is -0.120. The van der Waals surface area contributed by atoms with Crippen LogP contribution in [0.15, 0.2) is 18.2 Å². The Labute approximate surface area is 151 Å². The van der Waals surface area contributed by atoms with Crippen LogP contribution in [0.1, 0.15) is 48.9 Å². The zero-order valence-electron chi connectivity index (χ0n) is 14.7. The Hall–Kier alpha value is -2.38. The molecule has 2 amide bonds. The van der Waals surface area contributed by atoms with Gasteiger partial charge >= 0.3 is 6.61 Å². The fraction of sp³-hybridized carbons (Fsp3) is 0.556. The molecule has 1 aromatic carbocycles. The van der Waals surface area contributed by atoms with Gasteiger partial charge in [-0.05, 0) is 31.0 Å². The maximum absolute atomic E-state index is 12.3. The minimum atomic E-state index is -2.99. The lowest BCUT2D eigenvalue weighted by Gasteiger charge is -2.16. The molecule has 0 heterocycles. The molecule has 1 aliphatic carbocycles. The second-order valence-electron chi connectivity index (χ2n) is 6.18. The van der Waals surface area contributed by atoms with E-state index in [4.69, 9.17) is 4.74 Å². The summed E-state index contributed by atoms with van der Waals surface area (Å²) in [6.07, 6.45) is 6.51. The molecule has 6 nitrogen and oxygen atoms in total. The molecule has 0 spiro atoms. The molecule has 1 aromatic rings. The van der Waals surface area contributed by atoms with Gasteiger partial charge in [-0.2, -0.15) is 8.78 Å². The van der Waals surface area contributed by atoms with Crippen LogP contribution < -0.4 is 20.1 Å². The highest BCUT2D eigenvalue weighted by atomic mass is 19.3. The quantitative estimate of drug-likeness (QED) is 0.724. The van der Waals surface area contributed by atoms with Crippen molar-refractivity contribution in [2.24, 2.45) is 0 Å². The van der Waals surface area contributed by atoms with E-state index in [1.807, 2.05) is 0 Å². The first-order valence-electron chi connectivity index (χ1n) is 8.70. The standard InChI is InChI=1S/C18H24F2N2O4/c1-25-15-10-12(8-9-14(15)26-18(19)20)17(24)21-11-16(23)22-13-6-4-2-3-5-7-13/h8-10,13,18H,2-7,11H2,1H3,(H,21,24)(H,22,23). The van der Waals surface area contributed by atoms with E-state index < -0.39 is 12.5 Å². The Bertz CT molecular complexity index is 617. The van der Waals surface area contributed by atoms with E-state index in [0.29, 0.717) is 0 Å². The van der Waals surface area contributed by atoms with Gasteiger partial charge in [0.15, 0.2) is 11.5 Å². The minimum Gasteiger partial charge on any atom is -0.493 e. The second-order valence-corrected chi connectivity index (χ2v) is 6.18. The van der Waals surface area contributed by atoms with Gasteiger partial charge in [0, 0.05) is 11.6 Å². The van der Waals surface area contributed by atoms with Gasteiger partial charge in [-0.1, -0.05) is 25.7 Å². The number of carbonyl (C=O) groups excluding carboxylic acids is 2. The Balaban J connectivity index is 1.87. The largest absolute Gasteiger partial charge is 0.493 e. The maximum Gasteiger partial charge on any atom is 0.387 e. The summed E-state index contributed by atoms with van der Waals surface area (Å²) in [4.78, 5) is 24.2. The van der Waals surface area contributed by atoms with Crippen LogP contribution in [0.2, 0.25) is 0 Å². The van der Waals surface area contributed by atoms with E-state index in [-0.39, 0.29) is 35.6 Å². The van der Waals surface area contributed by atoms with Crippen molar-refractivity contribution in [3.63, 3.8) is 0 Å². The van der Waals surface area contributed by atoms with Crippen LogP contribution in [0.5, 0.6) is 11.5 Å². The summed E-state index contributed by atoms with van der Waals surface area (Å²) in [5, 5.41) is 5.46. The molecule has 0 unspecified atom stereocenters. The van der Waals surface area contributed by atoms with Crippen molar-refractivity contribution in [3.05, 3.63) is 23.8 Å². The molecule has 0 atom stereocenters. The number of carbonyl (C=O) groups is 2. The number of methoxy groups -OCH3 is 1. The molecular weight excluding hydrogens is 346 g/mol. The van der Waals surface area contributed by atoms with Crippen LogP contribution in [0.4, 0.5) is 8.78 Å². The van der Waals surface area contributed by atoms with E-state index in [1.165, 1.54) is 38.2 Å². The van der Waals surface area contributed by atoms with Crippen LogP contribution in [0.25, 0.3) is 0 Å². The van der Waals surface area contributed by atoms with E-state index in [1.54, 1.807) is 0 Å². The van der Waals surface area contributed by atoms with Crippen molar-refractivity contribution in [1.82, 2.24) is 10.6 Å². The van der Waals surface area contributed by atoms with E-state index in [0.717, 1.165) is 25.7 Å². The van der Waals surface area contributed by atoms with Crippen molar-refractivity contribution in [2.45, 2.75) is 51.2 Å². The van der Waals surface area contributed by atoms with E-state index >= 15 is 0 Å². The highest BCUT2D eigenvalue weighted by molar-refractivity contribution is 5.97. The number of rotatable bonds is 7. The number of hydrogen-bond donors (Lipinski definition) is 2. The topological polar surface area (TPSA) is 76.7 Å². The van der Waals surface area contributed by atoms with Gasteiger partial charge in [-0.3, -0.25) is 9.59 Å². The molecule has 2 rings (SSSR count). The summed E-state index contributed by atoms with van der Waals surface area (Å²) in [5.41, 5.74) is 0.186. The average Bonchev–Trinajstić information content (AvgIpc) is 2.88. The van der Waals surface area contributed by atoms with Gasteiger partial charge in [-0.15, -0.1) is 0 Å². The lowest BCUT2D eigenvalue weighted by Crippen LogP contribution is -2.41. The first kappa shape index (κ1) is 19.9. The molecule has 8 heteroatoms. The molecule has 2 N–H and O–H groups in total. The first-order valence-corrected chi connectivity index (χ1v) is 8.70. The number of amides is 2. The molecule has 0 bridgehead atoms. The van der Waals surface area contributed by atoms with Gasteiger partial charge in [0.25, 0.3) is 5.91 Å². The van der Waals surface area contributed by atoms with Crippen molar-refractivity contribution in [1.29, 1.82) is 0 Å². The minimum absolute atomic E-state index is 0.0147. The number of nitrogens with one attached hydrogen (secondary N) is 2. The average molecular weight is 370 g/mol. The number of ether oxygens (including phenoxy) is 2. The van der Waals surface area contributed by atoms with Gasteiger partial charge in [0.1, 0.15) is 0 Å². The number of benzene rings is 1. The molecule has 1 saturated carbocycles. The van der Waals surface area contributed by atoms with E-state index in [2.05, 4.69) is 15.4 Å². The Morgan fingerprint density at radius 1 is 1.15 bits per heavy atom. The molecule has 0 saturated heterocycles. The predicted octanol–water partition coefficient (Wildman–Crippen LogP) is 2.87. The Kier molecular flexibility index (Phi) is 7.62. The number of alkyl halides is 2. The number of hydrogen-bond acceptors (Lipinski definition) is 4. The summed E-state index contributed by atoms with van der Waals surface area (Å²) < 4.78 is 33.9. The normalized spacial score (nSPS) is 15.2. The summed E-state index contributed by atoms with van der Waals surface area (Å²) in [7, 11) is 1.29. The van der Waals surface area contributed by atoms with Crippen LogP contribution in [-0.2, 0) is 4.79 Å².